The summed E-state index contributed by atoms with van der Waals surface area (Å²) in [6, 6.07) is 30.3. The van der Waals surface area contributed by atoms with Crippen LogP contribution in [0.3, 0.4) is 0 Å². The van der Waals surface area contributed by atoms with Crippen LogP contribution in [0, 0.1) is 7.14 Å². The Balaban J connectivity index is 1.99. The summed E-state index contributed by atoms with van der Waals surface area (Å²) in [5.74, 6) is 0. The first-order valence-electron chi connectivity index (χ1n) is 7.76. The van der Waals surface area contributed by atoms with Crippen LogP contribution in [0.15, 0.2) is 84.9 Å². The van der Waals surface area contributed by atoms with Gasteiger partial charge in [-0.15, -0.1) is 0 Å². The molecular formula is C22H14I2. The van der Waals surface area contributed by atoms with Crippen molar-refractivity contribution in [3.63, 3.8) is 0 Å². The van der Waals surface area contributed by atoms with Gasteiger partial charge >= 0.3 is 0 Å². The van der Waals surface area contributed by atoms with Gasteiger partial charge in [-0.1, -0.05) is 72.8 Å². The largest absolute Gasteiger partial charge is 0.0622 e. The fraction of sp³-hybridized carbons (Fsp3) is 0. The number of hydrogen-bond acceptors (Lipinski definition) is 0. The average Bonchev–Trinajstić information content (AvgIpc) is 2.64. The Morgan fingerprint density at radius 1 is 0.542 bits per heavy atom. The second-order valence-corrected chi connectivity index (χ2v) is 7.95. The third kappa shape index (κ3) is 2.97. The molecule has 4 aromatic rings. The van der Waals surface area contributed by atoms with Crippen LogP contribution >= 0.6 is 45.2 Å². The minimum atomic E-state index is 1.26. The van der Waals surface area contributed by atoms with Gasteiger partial charge in [-0.2, -0.15) is 0 Å². The molecule has 4 aromatic carbocycles. The van der Waals surface area contributed by atoms with Crippen molar-refractivity contribution in [2.24, 2.45) is 0 Å². The summed E-state index contributed by atoms with van der Waals surface area (Å²) < 4.78 is 2.60. The highest BCUT2D eigenvalue weighted by atomic mass is 127. The first-order chi connectivity index (χ1) is 11.7. The minimum absolute atomic E-state index is 1.26. The van der Waals surface area contributed by atoms with E-state index in [0.29, 0.717) is 0 Å². The van der Waals surface area contributed by atoms with E-state index < -0.39 is 0 Å². The van der Waals surface area contributed by atoms with Crippen LogP contribution in [0.4, 0.5) is 0 Å². The van der Waals surface area contributed by atoms with Crippen LogP contribution in [0.5, 0.6) is 0 Å². The molecule has 0 heterocycles. The summed E-state index contributed by atoms with van der Waals surface area (Å²) in [5.41, 5.74) is 5.13. The Labute approximate surface area is 169 Å². The molecule has 24 heavy (non-hydrogen) atoms. The first-order valence-corrected chi connectivity index (χ1v) is 9.92. The van der Waals surface area contributed by atoms with E-state index in [1.165, 1.54) is 40.2 Å². The maximum Gasteiger partial charge on any atom is 0.0342 e. The lowest BCUT2D eigenvalue weighted by Crippen LogP contribution is -1.91. The lowest BCUT2D eigenvalue weighted by molar-refractivity contribution is 1.53. The van der Waals surface area contributed by atoms with E-state index in [1.54, 1.807) is 0 Å². The fourth-order valence-corrected chi connectivity index (χ4v) is 4.27. The molecular weight excluding hydrogens is 518 g/mol. The minimum Gasteiger partial charge on any atom is -0.0622 e. The van der Waals surface area contributed by atoms with E-state index in [-0.39, 0.29) is 0 Å². The molecule has 0 N–H and O–H groups in total. The zero-order valence-electron chi connectivity index (χ0n) is 12.8. The van der Waals surface area contributed by atoms with Crippen LogP contribution in [-0.4, -0.2) is 0 Å². The van der Waals surface area contributed by atoms with Crippen LogP contribution in [0.1, 0.15) is 0 Å². The van der Waals surface area contributed by atoms with Gasteiger partial charge in [0.25, 0.3) is 0 Å². The highest BCUT2D eigenvalue weighted by Crippen LogP contribution is 2.37. The van der Waals surface area contributed by atoms with Gasteiger partial charge in [0.2, 0.25) is 0 Å². The van der Waals surface area contributed by atoms with E-state index >= 15 is 0 Å². The van der Waals surface area contributed by atoms with E-state index in [2.05, 4.69) is 130 Å². The zero-order chi connectivity index (χ0) is 16.5. The summed E-state index contributed by atoms with van der Waals surface area (Å²) in [5, 5.41) is 2.59. The Bertz CT molecular complexity index is 1020. The van der Waals surface area contributed by atoms with Gasteiger partial charge in [0, 0.05) is 7.14 Å². The maximum absolute atomic E-state index is 2.47. The van der Waals surface area contributed by atoms with Crippen molar-refractivity contribution in [1.82, 2.24) is 0 Å². The molecule has 0 atom stereocenters. The van der Waals surface area contributed by atoms with E-state index in [0.717, 1.165) is 0 Å². The lowest BCUT2D eigenvalue weighted by Gasteiger charge is -2.13. The molecule has 2 heteroatoms. The van der Waals surface area contributed by atoms with Crippen LogP contribution < -0.4 is 0 Å². The normalized spacial score (nSPS) is 10.9. The molecule has 0 aliphatic heterocycles. The van der Waals surface area contributed by atoms with Crippen molar-refractivity contribution in [3.8, 4) is 22.3 Å². The average molecular weight is 532 g/mol. The quantitative estimate of drug-likeness (QED) is 0.237. The molecule has 0 bridgehead atoms. The number of rotatable bonds is 2. The molecule has 0 nitrogen and oxygen atoms in total. The summed E-state index contributed by atoms with van der Waals surface area (Å²) in [4.78, 5) is 0. The van der Waals surface area contributed by atoms with Crippen molar-refractivity contribution in [1.29, 1.82) is 0 Å². The van der Waals surface area contributed by atoms with E-state index in [4.69, 9.17) is 0 Å². The van der Waals surface area contributed by atoms with Gasteiger partial charge < -0.3 is 0 Å². The Kier molecular flexibility index (Phi) is 4.59. The predicted molar refractivity (Wildman–Crippen MR) is 120 cm³/mol. The third-order valence-electron chi connectivity index (χ3n) is 4.22. The van der Waals surface area contributed by atoms with Crippen molar-refractivity contribution < 1.29 is 0 Å². The molecule has 0 amide bonds. The summed E-state index contributed by atoms with van der Waals surface area (Å²) in [6.07, 6.45) is 0. The maximum atomic E-state index is 2.47. The molecule has 0 radical (unpaired) electrons. The van der Waals surface area contributed by atoms with Gasteiger partial charge in [0.15, 0.2) is 0 Å². The SMILES string of the molecule is Ic1cc(-c2ccccc2)cc(-c2cccc3ccccc23)c1I. The molecule has 116 valence electrons. The number of halogens is 2. The van der Waals surface area contributed by atoms with Gasteiger partial charge in [-0.3, -0.25) is 0 Å². The third-order valence-corrected chi connectivity index (χ3v) is 7.26. The van der Waals surface area contributed by atoms with Crippen LogP contribution in [0.2, 0.25) is 0 Å². The van der Waals surface area contributed by atoms with Crippen molar-refractivity contribution in [3.05, 3.63) is 92.1 Å². The predicted octanol–water partition coefficient (Wildman–Crippen LogP) is 7.38. The van der Waals surface area contributed by atoms with E-state index in [9.17, 15) is 0 Å². The second-order valence-electron chi connectivity index (χ2n) is 5.71. The molecule has 0 unspecified atom stereocenters. The van der Waals surface area contributed by atoms with Gasteiger partial charge in [0.05, 0.1) is 0 Å². The van der Waals surface area contributed by atoms with Crippen molar-refractivity contribution in [2.75, 3.05) is 0 Å². The molecule has 0 saturated heterocycles. The summed E-state index contributed by atoms with van der Waals surface area (Å²) in [7, 11) is 0. The lowest BCUT2D eigenvalue weighted by atomic mass is 9.95. The zero-order valence-corrected chi connectivity index (χ0v) is 17.2. The second kappa shape index (κ2) is 6.84. The van der Waals surface area contributed by atoms with Crippen LogP contribution in [-0.2, 0) is 0 Å². The van der Waals surface area contributed by atoms with Crippen LogP contribution in [0.25, 0.3) is 33.0 Å². The molecule has 0 aromatic heterocycles. The molecule has 0 spiro atoms. The van der Waals surface area contributed by atoms with Crippen molar-refractivity contribution in [2.45, 2.75) is 0 Å². The van der Waals surface area contributed by atoms with E-state index in [1.807, 2.05) is 0 Å². The monoisotopic (exact) mass is 532 g/mol. The summed E-state index contributed by atoms with van der Waals surface area (Å²) in [6.45, 7) is 0. The first kappa shape index (κ1) is 16.1. The van der Waals surface area contributed by atoms with Crippen molar-refractivity contribution >= 4 is 56.0 Å². The molecule has 0 saturated carbocycles. The highest BCUT2D eigenvalue weighted by Gasteiger charge is 2.12. The van der Waals surface area contributed by atoms with Gasteiger partial charge in [-0.25, -0.2) is 0 Å². The Hall–Kier alpha value is -1.40. The smallest absolute Gasteiger partial charge is 0.0342 e. The topological polar surface area (TPSA) is 0 Å². The molecule has 4 rings (SSSR count). The standard InChI is InChI=1S/C22H14I2/c23-21-14-17(15-7-2-1-3-8-15)13-20(22(21)24)19-12-6-10-16-9-4-5-11-18(16)19/h1-14H. The molecule has 0 aliphatic rings. The number of hydrogen-bond donors (Lipinski definition) is 0. The molecule has 0 fully saturated rings. The Morgan fingerprint density at radius 3 is 2.08 bits per heavy atom. The Morgan fingerprint density at radius 2 is 1.25 bits per heavy atom. The molecule has 0 aliphatic carbocycles. The van der Waals surface area contributed by atoms with Gasteiger partial charge in [-0.05, 0) is 90.3 Å². The number of fused-ring (bicyclic) bond motifs is 1. The highest BCUT2D eigenvalue weighted by molar-refractivity contribution is 14.1. The number of benzene rings is 4. The van der Waals surface area contributed by atoms with Gasteiger partial charge in [0.1, 0.15) is 0 Å². The fourth-order valence-electron chi connectivity index (χ4n) is 3.04. The summed E-state index contributed by atoms with van der Waals surface area (Å²) >= 11 is 4.92.